The van der Waals surface area contributed by atoms with Crippen molar-refractivity contribution >= 4 is 33.5 Å². The van der Waals surface area contributed by atoms with E-state index in [0.29, 0.717) is 21.9 Å². The van der Waals surface area contributed by atoms with Crippen molar-refractivity contribution in [2.45, 2.75) is 17.6 Å². The Balaban J connectivity index is 1.72. The highest BCUT2D eigenvalue weighted by Crippen LogP contribution is 2.30. The second kappa shape index (κ2) is 8.05. The summed E-state index contributed by atoms with van der Waals surface area (Å²) in [4.78, 5) is 10.6. The van der Waals surface area contributed by atoms with E-state index in [2.05, 4.69) is 14.6 Å². The normalized spacial score (nSPS) is 16.3. The van der Waals surface area contributed by atoms with Gasteiger partial charge >= 0.3 is 6.16 Å². The first kappa shape index (κ1) is 19.9. The Kier molecular flexibility index (Phi) is 5.73. The van der Waals surface area contributed by atoms with Crippen molar-refractivity contribution < 1.29 is 33.0 Å². The van der Waals surface area contributed by atoms with Crippen LogP contribution < -0.4 is 9.46 Å². The van der Waals surface area contributed by atoms with Gasteiger partial charge in [0.15, 0.2) is 0 Å². The molecule has 1 unspecified atom stereocenters. The second-order valence-electron chi connectivity index (χ2n) is 5.78. The van der Waals surface area contributed by atoms with Crippen molar-refractivity contribution in [2.75, 3.05) is 6.54 Å². The van der Waals surface area contributed by atoms with E-state index >= 15 is 0 Å². The Labute approximate surface area is 165 Å². The molecule has 11 heteroatoms. The molecule has 1 aliphatic rings. The van der Waals surface area contributed by atoms with Gasteiger partial charge in [-0.2, -0.15) is 0 Å². The monoisotopic (exact) mass is 426 g/mol. The third-order valence-electron chi connectivity index (χ3n) is 3.95. The van der Waals surface area contributed by atoms with Crippen LogP contribution in [0.3, 0.4) is 0 Å². The van der Waals surface area contributed by atoms with E-state index in [9.17, 15) is 18.4 Å². The summed E-state index contributed by atoms with van der Waals surface area (Å²) in [6.07, 6.45) is -2.22. The molecule has 0 saturated heterocycles. The third-order valence-corrected chi connectivity index (χ3v) is 5.61. The number of carbonyl (C=O) groups is 1. The minimum atomic E-state index is -3.83. The highest BCUT2D eigenvalue weighted by Gasteiger charge is 2.27. The summed E-state index contributed by atoms with van der Waals surface area (Å²) >= 11 is 5.76. The van der Waals surface area contributed by atoms with Gasteiger partial charge in [0.1, 0.15) is 11.5 Å². The number of benzene rings is 2. The molecule has 1 heterocycles. The number of carboxylic acid groups (broad SMARTS) is 1. The van der Waals surface area contributed by atoms with Crippen molar-refractivity contribution in [3.05, 3.63) is 58.6 Å². The summed E-state index contributed by atoms with van der Waals surface area (Å²) in [5, 5.41) is 21.5. The molecule has 0 radical (unpaired) electrons. The zero-order chi connectivity index (χ0) is 20.3. The lowest BCUT2D eigenvalue weighted by molar-refractivity contribution is -0.0394. The number of hydrogen-bond acceptors (Lipinski definition) is 7. The lowest BCUT2D eigenvalue weighted by atomic mass is 10.0. The van der Waals surface area contributed by atoms with Crippen molar-refractivity contribution in [3.63, 3.8) is 0 Å². The molecular weight excluding hydrogens is 412 g/mol. The predicted octanol–water partition coefficient (Wildman–Crippen LogP) is 2.45. The standard InChI is InChI=1S/C17H15ClN2O7S/c18-12-2-4-13(5-3-12)28(24,25)19-9-14(20-23)10-1-6-15-11(7-10)8-16(26-15)27-17(21)22/h1-7,16,19,23H,8-9H2,(H,21,22). The molecule has 0 bridgehead atoms. The van der Waals surface area contributed by atoms with E-state index in [4.69, 9.17) is 21.4 Å². The lowest BCUT2D eigenvalue weighted by Crippen LogP contribution is -2.30. The molecule has 0 fully saturated rings. The van der Waals surface area contributed by atoms with Gasteiger partial charge in [-0.15, -0.1) is 0 Å². The molecule has 2 aromatic rings. The Hall–Kier alpha value is -2.82. The van der Waals surface area contributed by atoms with Gasteiger partial charge in [-0.3, -0.25) is 0 Å². The maximum Gasteiger partial charge on any atom is 0.508 e. The summed E-state index contributed by atoms with van der Waals surface area (Å²) < 4.78 is 37.0. The number of hydrogen-bond donors (Lipinski definition) is 3. The number of ether oxygens (including phenoxy) is 2. The van der Waals surface area contributed by atoms with Crippen molar-refractivity contribution in [2.24, 2.45) is 5.16 Å². The third kappa shape index (κ3) is 4.53. The van der Waals surface area contributed by atoms with Crippen LogP contribution in [0.15, 0.2) is 52.5 Å². The van der Waals surface area contributed by atoms with Crippen LogP contribution in [0.2, 0.25) is 5.02 Å². The smallest absolute Gasteiger partial charge is 0.454 e. The quantitative estimate of drug-likeness (QED) is 0.279. The predicted molar refractivity (Wildman–Crippen MR) is 98.6 cm³/mol. The molecular formula is C17H15ClN2O7S. The fraction of sp³-hybridized carbons (Fsp3) is 0.176. The summed E-state index contributed by atoms with van der Waals surface area (Å²) in [5.41, 5.74) is 1.16. The Morgan fingerprint density at radius 3 is 2.64 bits per heavy atom. The first-order valence-corrected chi connectivity index (χ1v) is 9.80. The molecule has 0 aliphatic carbocycles. The molecule has 148 valence electrons. The molecule has 0 amide bonds. The number of halogens is 1. The van der Waals surface area contributed by atoms with Gasteiger partial charge in [-0.05, 0) is 42.5 Å². The summed E-state index contributed by atoms with van der Waals surface area (Å²) in [6.45, 7) is -0.268. The van der Waals surface area contributed by atoms with Crippen LogP contribution in [-0.2, 0) is 21.2 Å². The van der Waals surface area contributed by atoms with Crippen LogP contribution in [0.5, 0.6) is 5.75 Å². The van der Waals surface area contributed by atoms with Gasteiger partial charge in [0.2, 0.25) is 10.0 Å². The van der Waals surface area contributed by atoms with E-state index in [0.717, 1.165) is 0 Å². The number of nitrogens with one attached hydrogen (secondary N) is 1. The maximum atomic E-state index is 12.3. The minimum absolute atomic E-state index is 0.0187. The van der Waals surface area contributed by atoms with Crippen LogP contribution in [0, 0.1) is 0 Å². The summed E-state index contributed by atoms with van der Waals surface area (Å²) in [6, 6.07) is 10.4. The molecule has 0 saturated carbocycles. The zero-order valence-corrected chi connectivity index (χ0v) is 15.8. The lowest BCUT2D eigenvalue weighted by Gasteiger charge is -2.09. The molecule has 0 spiro atoms. The molecule has 1 aliphatic heterocycles. The number of nitrogens with zero attached hydrogens (tertiary/aromatic N) is 1. The average molecular weight is 427 g/mol. The first-order valence-electron chi connectivity index (χ1n) is 7.94. The fourth-order valence-corrected chi connectivity index (χ4v) is 3.74. The van der Waals surface area contributed by atoms with Gasteiger partial charge in [0.25, 0.3) is 6.29 Å². The molecule has 0 aromatic heterocycles. The average Bonchev–Trinajstić information content (AvgIpc) is 3.03. The summed E-state index contributed by atoms with van der Waals surface area (Å²) in [7, 11) is -3.83. The maximum absolute atomic E-state index is 12.3. The minimum Gasteiger partial charge on any atom is -0.454 e. The fourth-order valence-electron chi connectivity index (χ4n) is 2.63. The number of sulfonamides is 1. The molecule has 2 aromatic carbocycles. The Morgan fingerprint density at radius 2 is 2.00 bits per heavy atom. The van der Waals surface area contributed by atoms with Gasteiger partial charge in [0.05, 0.1) is 17.9 Å². The highest BCUT2D eigenvalue weighted by molar-refractivity contribution is 7.89. The zero-order valence-electron chi connectivity index (χ0n) is 14.2. The number of rotatable bonds is 6. The van der Waals surface area contributed by atoms with Gasteiger partial charge in [0, 0.05) is 16.1 Å². The first-order chi connectivity index (χ1) is 13.3. The Bertz CT molecular complexity index is 1020. The van der Waals surface area contributed by atoms with E-state index in [1.165, 1.54) is 24.3 Å². The van der Waals surface area contributed by atoms with Crippen LogP contribution in [0.1, 0.15) is 11.1 Å². The SMILES string of the molecule is O=C(O)OC1Cc2cc(C(CNS(=O)(=O)c3ccc(Cl)cc3)=NO)ccc2O1. The Morgan fingerprint density at radius 1 is 1.29 bits per heavy atom. The van der Waals surface area contributed by atoms with Crippen molar-refractivity contribution in [1.82, 2.24) is 4.72 Å². The molecule has 3 rings (SSSR count). The van der Waals surface area contributed by atoms with Crippen LogP contribution in [0.4, 0.5) is 4.79 Å². The topological polar surface area (TPSA) is 135 Å². The molecule has 1 atom stereocenters. The van der Waals surface area contributed by atoms with Gasteiger partial charge in [-0.1, -0.05) is 16.8 Å². The highest BCUT2D eigenvalue weighted by atomic mass is 35.5. The van der Waals surface area contributed by atoms with Gasteiger partial charge in [-0.25, -0.2) is 17.9 Å². The largest absolute Gasteiger partial charge is 0.508 e. The molecule has 9 nitrogen and oxygen atoms in total. The summed E-state index contributed by atoms with van der Waals surface area (Å²) in [5.74, 6) is 0.439. The van der Waals surface area contributed by atoms with Crippen LogP contribution in [0.25, 0.3) is 0 Å². The molecule has 28 heavy (non-hydrogen) atoms. The van der Waals surface area contributed by atoms with Gasteiger partial charge < -0.3 is 19.8 Å². The van der Waals surface area contributed by atoms with E-state index in [1.807, 2.05) is 0 Å². The van der Waals surface area contributed by atoms with E-state index in [1.54, 1.807) is 18.2 Å². The molecule has 3 N–H and O–H groups in total. The van der Waals surface area contributed by atoms with Crippen LogP contribution >= 0.6 is 11.6 Å². The van der Waals surface area contributed by atoms with Crippen LogP contribution in [-0.4, -0.2) is 43.4 Å². The van der Waals surface area contributed by atoms with Crippen molar-refractivity contribution in [1.29, 1.82) is 0 Å². The second-order valence-corrected chi connectivity index (χ2v) is 7.99. The number of oxime groups is 1. The van der Waals surface area contributed by atoms with Crippen molar-refractivity contribution in [3.8, 4) is 5.75 Å². The van der Waals surface area contributed by atoms with E-state index < -0.39 is 22.5 Å². The number of fused-ring (bicyclic) bond motifs is 1. The van der Waals surface area contributed by atoms with E-state index in [-0.39, 0.29) is 23.6 Å².